The van der Waals surface area contributed by atoms with Gasteiger partial charge in [-0.15, -0.1) is 0 Å². The molecule has 1 aromatic carbocycles. The van der Waals surface area contributed by atoms with Gasteiger partial charge in [0.15, 0.2) is 0 Å². The fourth-order valence-corrected chi connectivity index (χ4v) is 3.44. The van der Waals surface area contributed by atoms with Crippen LogP contribution in [0.25, 0.3) is 0 Å². The minimum absolute atomic E-state index is 0.122. The van der Waals surface area contributed by atoms with Crippen molar-refractivity contribution in [1.29, 1.82) is 0 Å². The topological polar surface area (TPSA) is 49.3 Å². The summed E-state index contributed by atoms with van der Waals surface area (Å²) in [5.41, 5.74) is 2.73. The number of aryl methyl sites for hydroxylation is 1. The Bertz CT molecular complexity index is 510. The standard InChI is InChI=1S/C19H29NO2/c1-13-6-5-7-15(12-13)17(19(2,3)4)20-16-10-8-14(9-11-16)18(21)22/h5-7,12,14,16-17,20H,8-11H2,1-4H3,(H,21,22). The van der Waals surface area contributed by atoms with Gasteiger partial charge in [-0.2, -0.15) is 0 Å². The van der Waals surface area contributed by atoms with Crippen LogP contribution >= 0.6 is 0 Å². The van der Waals surface area contributed by atoms with Gasteiger partial charge in [0.25, 0.3) is 0 Å². The molecule has 0 saturated heterocycles. The Kier molecular flexibility index (Phi) is 5.28. The highest BCUT2D eigenvalue weighted by Crippen LogP contribution is 2.35. The molecule has 1 aromatic rings. The van der Waals surface area contributed by atoms with Crippen LogP contribution in [0.4, 0.5) is 0 Å². The molecule has 1 aliphatic carbocycles. The summed E-state index contributed by atoms with van der Waals surface area (Å²) in [4.78, 5) is 11.1. The number of benzene rings is 1. The number of aliphatic carboxylic acids is 1. The number of carbonyl (C=O) groups is 1. The Morgan fingerprint density at radius 3 is 2.36 bits per heavy atom. The summed E-state index contributed by atoms with van der Waals surface area (Å²) in [6, 6.07) is 9.40. The third-order valence-electron chi connectivity index (χ3n) is 4.72. The minimum Gasteiger partial charge on any atom is -0.481 e. The first-order valence-corrected chi connectivity index (χ1v) is 8.33. The van der Waals surface area contributed by atoms with Crippen molar-refractivity contribution in [2.75, 3.05) is 0 Å². The van der Waals surface area contributed by atoms with E-state index >= 15 is 0 Å². The van der Waals surface area contributed by atoms with Crippen LogP contribution in [0.15, 0.2) is 24.3 Å². The maximum Gasteiger partial charge on any atom is 0.306 e. The first-order valence-electron chi connectivity index (χ1n) is 8.33. The van der Waals surface area contributed by atoms with Crippen molar-refractivity contribution in [2.24, 2.45) is 11.3 Å². The molecular formula is C19H29NO2. The monoisotopic (exact) mass is 303 g/mol. The minimum atomic E-state index is -0.635. The van der Waals surface area contributed by atoms with E-state index in [-0.39, 0.29) is 11.3 Å². The molecule has 0 aromatic heterocycles. The number of rotatable bonds is 4. The maximum absolute atomic E-state index is 11.1. The van der Waals surface area contributed by atoms with Gasteiger partial charge in [-0.1, -0.05) is 50.6 Å². The average molecular weight is 303 g/mol. The van der Waals surface area contributed by atoms with Crippen LogP contribution in [-0.4, -0.2) is 17.1 Å². The quantitative estimate of drug-likeness (QED) is 0.871. The normalized spacial score (nSPS) is 24.0. The Hall–Kier alpha value is -1.35. The van der Waals surface area contributed by atoms with Crippen molar-refractivity contribution < 1.29 is 9.90 Å². The number of hydrogen-bond donors (Lipinski definition) is 2. The Labute approximate surface area is 134 Å². The van der Waals surface area contributed by atoms with Crippen LogP contribution in [0.3, 0.4) is 0 Å². The molecule has 0 heterocycles. The van der Waals surface area contributed by atoms with E-state index < -0.39 is 5.97 Å². The van der Waals surface area contributed by atoms with Gasteiger partial charge < -0.3 is 10.4 Å². The molecular weight excluding hydrogens is 274 g/mol. The third kappa shape index (κ3) is 4.33. The van der Waals surface area contributed by atoms with Crippen molar-refractivity contribution in [1.82, 2.24) is 5.32 Å². The van der Waals surface area contributed by atoms with Crippen LogP contribution in [0.1, 0.15) is 63.6 Å². The van der Waals surface area contributed by atoms with Crippen molar-refractivity contribution in [2.45, 2.75) is 65.5 Å². The van der Waals surface area contributed by atoms with Gasteiger partial charge in [-0.25, -0.2) is 0 Å². The lowest BCUT2D eigenvalue weighted by molar-refractivity contribution is -0.142. The van der Waals surface area contributed by atoms with Crippen molar-refractivity contribution in [3.63, 3.8) is 0 Å². The van der Waals surface area contributed by atoms with E-state index in [1.165, 1.54) is 11.1 Å². The second-order valence-corrected chi connectivity index (χ2v) is 7.77. The van der Waals surface area contributed by atoms with E-state index in [0.717, 1.165) is 25.7 Å². The molecule has 122 valence electrons. The number of hydrogen-bond acceptors (Lipinski definition) is 2. The highest BCUT2D eigenvalue weighted by molar-refractivity contribution is 5.70. The van der Waals surface area contributed by atoms with E-state index in [1.54, 1.807) is 0 Å². The number of nitrogens with one attached hydrogen (secondary N) is 1. The summed E-state index contributed by atoms with van der Waals surface area (Å²) >= 11 is 0. The molecule has 3 heteroatoms. The molecule has 2 N–H and O–H groups in total. The maximum atomic E-state index is 11.1. The molecule has 1 saturated carbocycles. The second-order valence-electron chi connectivity index (χ2n) is 7.77. The van der Waals surface area contributed by atoms with Gasteiger partial charge in [-0.05, 0) is 43.6 Å². The molecule has 1 aliphatic rings. The van der Waals surface area contributed by atoms with Gasteiger partial charge in [0.05, 0.1) is 5.92 Å². The fourth-order valence-electron chi connectivity index (χ4n) is 3.44. The predicted octanol–water partition coefficient (Wildman–Crippen LogP) is 4.32. The SMILES string of the molecule is Cc1cccc(C(NC2CCC(C(=O)O)CC2)C(C)(C)C)c1. The van der Waals surface area contributed by atoms with E-state index in [9.17, 15) is 4.79 Å². The molecule has 0 aliphatic heterocycles. The molecule has 0 amide bonds. The lowest BCUT2D eigenvalue weighted by atomic mass is 9.79. The molecule has 0 radical (unpaired) electrons. The second kappa shape index (κ2) is 6.82. The zero-order valence-electron chi connectivity index (χ0n) is 14.2. The summed E-state index contributed by atoms with van der Waals surface area (Å²) in [5, 5.41) is 12.9. The zero-order valence-corrected chi connectivity index (χ0v) is 14.2. The average Bonchev–Trinajstić information content (AvgIpc) is 2.44. The Morgan fingerprint density at radius 2 is 1.86 bits per heavy atom. The largest absolute Gasteiger partial charge is 0.481 e. The van der Waals surface area contributed by atoms with Gasteiger partial charge in [0.1, 0.15) is 0 Å². The van der Waals surface area contributed by atoms with Crippen LogP contribution in [-0.2, 0) is 4.79 Å². The van der Waals surface area contributed by atoms with Gasteiger partial charge >= 0.3 is 5.97 Å². The van der Waals surface area contributed by atoms with E-state index in [2.05, 4.69) is 57.3 Å². The van der Waals surface area contributed by atoms with E-state index in [1.807, 2.05) is 0 Å². The molecule has 2 rings (SSSR count). The highest BCUT2D eigenvalue weighted by atomic mass is 16.4. The molecule has 1 atom stereocenters. The van der Waals surface area contributed by atoms with Crippen LogP contribution in [0.2, 0.25) is 0 Å². The smallest absolute Gasteiger partial charge is 0.306 e. The van der Waals surface area contributed by atoms with Crippen LogP contribution in [0.5, 0.6) is 0 Å². The molecule has 0 spiro atoms. The van der Waals surface area contributed by atoms with Gasteiger partial charge in [0.2, 0.25) is 0 Å². The first kappa shape index (κ1) is 17.0. The van der Waals surface area contributed by atoms with E-state index in [0.29, 0.717) is 12.1 Å². The van der Waals surface area contributed by atoms with Gasteiger partial charge in [0, 0.05) is 12.1 Å². The molecule has 1 unspecified atom stereocenters. The van der Waals surface area contributed by atoms with Gasteiger partial charge in [-0.3, -0.25) is 4.79 Å². The highest BCUT2D eigenvalue weighted by Gasteiger charge is 2.31. The van der Waals surface area contributed by atoms with Crippen molar-refractivity contribution >= 4 is 5.97 Å². The van der Waals surface area contributed by atoms with Crippen molar-refractivity contribution in [3.05, 3.63) is 35.4 Å². The Morgan fingerprint density at radius 1 is 1.23 bits per heavy atom. The summed E-state index contributed by atoms with van der Waals surface area (Å²) in [7, 11) is 0. The molecule has 1 fully saturated rings. The number of carboxylic acid groups (broad SMARTS) is 1. The summed E-state index contributed by atoms with van der Waals surface area (Å²) in [6.45, 7) is 8.91. The first-order chi connectivity index (χ1) is 10.3. The zero-order chi connectivity index (χ0) is 16.3. The number of carboxylic acids is 1. The lowest BCUT2D eigenvalue weighted by Gasteiger charge is -2.37. The summed E-state index contributed by atoms with van der Waals surface area (Å²) in [6.07, 6.45) is 3.49. The fraction of sp³-hybridized carbons (Fsp3) is 0.632. The van der Waals surface area contributed by atoms with Crippen molar-refractivity contribution in [3.8, 4) is 0 Å². The summed E-state index contributed by atoms with van der Waals surface area (Å²) < 4.78 is 0. The van der Waals surface area contributed by atoms with E-state index in [4.69, 9.17) is 5.11 Å². The predicted molar refractivity (Wildman–Crippen MR) is 89.9 cm³/mol. The van der Waals surface area contributed by atoms with Crippen LogP contribution < -0.4 is 5.32 Å². The molecule has 0 bridgehead atoms. The molecule has 3 nitrogen and oxygen atoms in total. The van der Waals surface area contributed by atoms with Crippen LogP contribution in [0, 0.1) is 18.3 Å². The summed E-state index contributed by atoms with van der Waals surface area (Å²) in [5.74, 6) is -0.783. The molecule has 22 heavy (non-hydrogen) atoms. The lowest BCUT2D eigenvalue weighted by Crippen LogP contribution is -2.42. The third-order valence-corrected chi connectivity index (χ3v) is 4.72. The Balaban J connectivity index is 2.08.